The van der Waals surface area contributed by atoms with Gasteiger partial charge in [0.2, 0.25) is 5.91 Å². The number of nitrogens with one attached hydrogen (secondary N) is 1. The van der Waals surface area contributed by atoms with Crippen molar-refractivity contribution >= 4 is 12.0 Å². The number of rotatable bonds is 4. The lowest BCUT2D eigenvalue weighted by atomic mass is 9.92. The number of hydrogen-bond donors (Lipinski definition) is 1. The smallest absolute Gasteiger partial charge is 0.411 e. The molecule has 5 nitrogen and oxygen atoms in total. The summed E-state index contributed by atoms with van der Waals surface area (Å²) in [6.45, 7) is 0.599. The topological polar surface area (TPSA) is 58.6 Å². The Hall–Kier alpha value is -2.82. The van der Waals surface area contributed by atoms with Crippen LogP contribution in [-0.4, -0.2) is 29.0 Å². The summed E-state index contributed by atoms with van der Waals surface area (Å²) in [7, 11) is 0. The number of hydrogen-bond acceptors (Lipinski definition) is 3. The van der Waals surface area contributed by atoms with Gasteiger partial charge in [0.1, 0.15) is 12.6 Å². The molecule has 1 N–H and O–H groups in total. The zero-order valence-electron chi connectivity index (χ0n) is 18.1. The van der Waals surface area contributed by atoms with Crippen molar-refractivity contribution in [2.75, 3.05) is 0 Å². The second kappa shape index (κ2) is 10.5. The molecule has 2 aromatic rings. The first-order valence-electron chi connectivity index (χ1n) is 11.5. The van der Waals surface area contributed by atoms with Crippen molar-refractivity contribution in [2.24, 2.45) is 0 Å². The third-order valence-corrected chi connectivity index (χ3v) is 6.44. The molecule has 2 aliphatic rings. The van der Waals surface area contributed by atoms with Crippen molar-refractivity contribution in [1.29, 1.82) is 0 Å². The highest BCUT2D eigenvalue weighted by Gasteiger charge is 2.36. The molecule has 0 bridgehead atoms. The molecule has 0 spiro atoms. The number of nitrogens with zero attached hydrogens (tertiary/aromatic N) is 1. The monoisotopic (exact) mass is 420 g/mol. The van der Waals surface area contributed by atoms with Gasteiger partial charge in [-0.1, -0.05) is 86.7 Å². The normalized spacial score (nSPS) is 19.6. The van der Waals surface area contributed by atoms with Crippen molar-refractivity contribution in [1.82, 2.24) is 10.2 Å². The van der Waals surface area contributed by atoms with Crippen LogP contribution in [0, 0.1) is 0 Å². The van der Waals surface area contributed by atoms with Crippen molar-refractivity contribution in [3.8, 4) is 0 Å². The van der Waals surface area contributed by atoms with Crippen LogP contribution in [0.3, 0.4) is 0 Å². The summed E-state index contributed by atoms with van der Waals surface area (Å²) < 4.78 is 5.60. The Morgan fingerprint density at radius 1 is 0.871 bits per heavy atom. The van der Waals surface area contributed by atoms with Gasteiger partial charge >= 0.3 is 6.09 Å². The highest BCUT2D eigenvalue weighted by atomic mass is 16.6. The third-order valence-electron chi connectivity index (χ3n) is 6.44. The molecule has 1 heterocycles. The predicted octanol–water partition coefficient (Wildman–Crippen LogP) is 4.98. The Bertz CT molecular complexity index is 875. The van der Waals surface area contributed by atoms with Gasteiger partial charge in [0.25, 0.3) is 0 Å². The number of amides is 2. The average molecular weight is 421 g/mol. The number of carbonyl (C=O) groups is 2. The molecule has 0 aromatic heterocycles. The first-order valence-corrected chi connectivity index (χ1v) is 11.5. The van der Waals surface area contributed by atoms with Gasteiger partial charge in [-0.05, 0) is 29.5 Å². The second-order valence-electron chi connectivity index (χ2n) is 8.71. The molecular weight excluding hydrogens is 388 g/mol. The molecule has 1 fully saturated rings. The molecular formula is C26H32N2O3. The van der Waals surface area contributed by atoms with Crippen molar-refractivity contribution in [3.63, 3.8) is 0 Å². The van der Waals surface area contributed by atoms with Crippen LogP contribution in [0.4, 0.5) is 4.79 Å². The summed E-state index contributed by atoms with van der Waals surface area (Å²) in [4.78, 5) is 27.9. The third kappa shape index (κ3) is 5.66. The predicted molar refractivity (Wildman–Crippen MR) is 120 cm³/mol. The molecule has 1 aliphatic heterocycles. The van der Waals surface area contributed by atoms with Gasteiger partial charge in [-0.2, -0.15) is 0 Å². The summed E-state index contributed by atoms with van der Waals surface area (Å²) in [5, 5.41) is 3.26. The molecule has 0 radical (unpaired) electrons. The summed E-state index contributed by atoms with van der Waals surface area (Å²) in [6, 6.07) is 17.3. The van der Waals surface area contributed by atoms with E-state index in [1.807, 2.05) is 48.5 Å². The van der Waals surface area contributed by atoms with Crippen LogP contribution in [0.15, 0.2) is 54.6 Å². The second-order valence-corrected chi connectivity index (χ2v) is 8.71. The van der Waals surface area contributed by atoms with Crippen LogP contribution in [0.5, 0.6) is 0 Å². The van der Waals surface area contributed by atoms with Crippen LogP contribution in [0.1, 0.15) is 61.6 Å². The molecule has 2 aromatic carbocycles. The quantitative estimate of drug-likeness (QED) is 0.759. The van der Waals surface area contributed by atoms with Gasteiger partial charge in [-0.25, -0.2) is 4.79 Å². The van der Waals surface area contributed by atoms with E-state index in [9.17, 15) is 9.59 Å². The van der Waals surface area contributed by atoms with E-state index in [0.717, 1.165) is 42.4 Å². The number of ether oxygens (including phenoxy) is 1. The largest absolute Gasteiger partial charge is 0.445 e. The fraction of sp³-hybridized carbons (Fsp3) is 0.462. The maximum absolute atomic E-state index is 13.3. The van der Waals surface area contributed by atoms with Gasteiger partial charge in [0, 0.05) is 12.5 Å². The molecule has 5 heteroatoms. The highest BCUT2D eigenvalue weighted by Crippen LogP contribution is 2.25. The van der Waals surface area contributed by atoms with Gasteiger partial charge in [0.05, 0.1) is 6.54 Å². The van der Waals surface area contributed by atoms with Gasteiger partial charge < -0.3 is 10.1 Å². The summed E-state index contributed by atoms with van der Waals surface area (Å²) >= 11 is 0. The Kier molecular flexibility index (Phi) is 7.23. The van der Waals surface area contributed by atoms with Crippen molar-refractivity contribution in [3.05, 3.63) is 71.3 Å². The lowest BCUT2D eigenvalue weighted by molar-refractivity contribution is -0.127. The lowest BCUT2D eigenvalue weighted by Gasteiger charge is -2.36. The summed E-state index contributed by atoms with van der Waals surface area (Å²) in [6.07, 6.45) is 8.21. The summed E-state index contributed by atoms with van der Waals surface area (Å²) in [5.41, 5.74) is 3.14. The maximum Gasteiger partial charge on any atom is 0.411 e. The molecule has 4 rings (SSSR count). The maximum atomic E-state index is 13.3. The molecule has 2 amide bonds. The standard InChI is InChI=1S/C26H32N2O3/c29-25(27-23-15-7-2-1-3-8-16-23)24-17-21-13-9-10-14-22(21)18-28(24)26(30)31-19-20-11-5-4-6-12-20/h4-6,9-14,23-24H,1-3,7-8,15-19H2,(H,27,29)/t24-/m1/s1. The van der Waals surface area contributed by atoms with Crippen molar-refractivity contribution < 1.29 is 14.3 Å². The fourth-order valence-electron chi connectivity index (χ4n) is 4.65. The summed E-state index contributed by atoms with van der Waals surface area (Å²) in [5.74, 6) is -0.0586. The first-order chi connectivity index (χ1) is 15.2. The minimum absolute atomic E-state index is 0.0586. The zero-order valence-corrected chi connectivity index (χ0v) is 18.1. The number of benzene rings is 2. The van der Waals surface area contributed by atoms with Gasteiger partial charge in [0.15, 0.2) is 0 Å². The minimum Gasteiger partial charge on any atom is -0.445 e. The Labute approximate surface area is 184 Å². The Morgan fingerprint density at radius 2 is 1.52 bits per heavy atom. The minimum atomic E-state index is -0.538. The lowest BCUT2D eigenvalue weighted by Crippen LogP contribution is -2.54. The Balaban J connectivity index is 1.46. The molecule has 1 aliphatic carbocycles. The van der Waals surface area contributed by atoms with E-state index in [2.05, 4.69) is 11.4 Å². The van der Waals surface area contributed by atoms with E-state index in [1.54, 1.807) is 4.90 Å². The van der Waals surface area contributed by atoms with Crippen LogP contribution in [0.2, 0.25) is 0 Å². The molecule has 0 saturated heterocycles. The molecule has 0 unspecified atom stereocenters. The van der Waals surface area contributed by atoms with E-state index >= 15 is 0 Å². The van der Waals surface area contributed by atoms with Crippen LogP contribution in [0.25, 0.3) is 0 Å². The van der Waals surface area contributed by atoms with Gasteiger partial charge in [-0.3, -0.25) is 9.69 Å². The number of carbonyl (C=O) groups excluding carboxylic acids is 2. The molecule has 1 saturated carbocycles. The first kappa shape index (κ1) is 21.4. The van der Waals surface area contributed by atoms with E-state index in [0.29, 0.717) is 13.0 Å². The van der Waals surface area contributed by atoms with E-state index in [4.69, 9.17) is 4.74 Å². The molecule has 31 heavy (non-hydrogen) atoms. The molecule has 164 valence electrons. The van der Waals surface area contributed by atoms with Crippen molar-refractivity contribution in [2.45, 2.75) is 76.6 Å². The number of fused-ring (bicyclic) bond motifs is 1. The Morgan fingerprint density at radius 3 is 2.26 bits per heavy atom. The van der Waals surface area contributed by atoms with E-state index in [1.165, 1.54) is 19.3 Å². The van der Waals surface area contributed by atoms with E-state index in [-0.39, 0.29) is 18.6 Å². The molecule has 1 atom stereocenters. The SMILES string of the molecule is O=C(NC1CCCCCCC1)[C@H]1Cc2ccccc2CN1C(=O)OCc1ccccc1. The van der Waals surface area contributed by atoms with Crippen LogP contribution >= 0.6 is 0 Å². The average Bonchev–Trinajstić information content (AvgIpc) is 2.79. The van der Waals surface area contributed by atoms with Crippen LogP contribution < -0.4 is 5.32 Å². The van der Waals surface area contributed by atoms with Gasteiger partial charge in [-0.15, -0.1) is 0 Å². The fourth-order valence-corrected chi connectivity index (χ4v) is 4.65. The van der Waals surface area contributed by atoms with E-state index < -0.39 is 12.1 Å². The highest BCUT2D eigenvalue weighted by molar-refractivity contribution is 5.86. The van der Waals surface area contributed by atoms with Crippen LogP contribution in [-0.2, 0) is 29.1 Å². The zero-order chi connectivity index (χ0) is 21.5.